The molecule has 0 saturated carbocycles. The Morgan fingerprint density at radius 1 is 0.577 bits per heavy atom. The van der Waals surface area contributed by atoms with Gasteiger partial charge in [0.1, 0.15) is 11.5 Å². The van der Waals surface area contributed by atoms with Gasteiger partial charge in [0, 0.05) is 12.1 Å². The molecule has 4 nitrogen and oxygen atoms in total. The minimum atomic E-state index is -0.927. The molecule has 140 valence electrons. The van der Waals surface area contributed by atoms with Gasteiger partial charge < -0.3 is 18.9 Å². The van der Waals surface area contributed by atoms with E-state index >= 15 is 0 Å². The highest BCUT2D eigenvalue weighted by atomic mass is 35.5. The third-order valence-electron chi connectivity index (χ3n) is 3.31. The summed E-state index contributed by atoms with van der Waals surface area (Å²) in [6, 6.07) is 5.90. The van der Waals surface area contributed by atoms with Crippen molar-refractivity contribution in [1.82, 2.24) is 0 Å². The first-order valence-electron chi connectivity index (χ1n) is 7.21. The fraction of sp³-hybridized carbons (Fsp3) is 0.250. The van der Waals surface area contributed by atoms with Crippen LogP contribution in [0.3, 0.4) is 0 Å². The summed E-state index contributed by atoms with van der Waals surface area (Å²) in [5.41, 5.74) is 0. The number of benzene rings is 2. The molecule has 2 aromatic carbocycles. The molecule has 2 atom stereocenters. The Labute approximate surface area is 179 Å². The molecule has 1 saturated heterocycles. The Morgan fingerprint density at radius 2 is 0.923 bits per heavy atom. The second kappa shape index (κ2) is 8.80. The predicted octanol–water partition coefficient (Wildman–Crippen LogP) is 6.76. The summed E-state index contributed by atoms with van der Waals surface area (Å²) in [7, 11) is 0. The van der Waals surface area contributed by atoms with Gasteiger partial charge >= 0.3 is 0 Å². The van der Waals surface area contributed by atoms with Gasteiger partial charge in [-0.25, -0.2) is 0 Å². The van der Waals surface area contributed by atoms with Gasteiger partial charge in [0.05, 0.1) is 43.3 Å². The smallest absolute Gasteiger partial charge is 0.263 e. The van der Waals surface area contributed by atoms with Crippen molar-refractivity contribution in [3.63, 3.8) is 0 Å². The molecule has 0 aromatic heterocycles. The maximum absolute atomic E-state index is 6.13. The summed E-state index contributed by atoms with van der Waals surface area (Å²) >= 11 is 36.1. The molecule has 1 aliphatic heterocycles. The first-order chi connectivity index (χ1) is 12.3. The number of hydrogen-bond acceptors (Lipinski definition) is 4. The molecule has 3 rings (SSSR count). The lowest BCUT2D eigenvalue weighted by Crippen LogP contribution is -2.45. The standard InChI is InChI=1S/C16H10Cl6O4/c17-7-3-11(21)13(5-9(7)19)25-15-16(24-2-1-23-15)26-14-6-10(20)8(18)4-12(14)22/h3-6,15-16H,1-2H2. The van der Waals surface area contributed by atoms with E-state index in [0.717, 1.165) is 0 Å². The van der Waals surface area contributed by atoms with Crippen LogP contribution in [-0.2, 0) is 9.47 Å². The third kappa shape index (κ3) is 4.75. The number of rotatable bonds is 4. The second-order valence-corrected chi connectivity index (χ2v) is 7.55. The minimum Gasteiger partial charge on any atom is -0.456 e. The Morgan fingerprint density at radius 3 is 1.31 bits per heavy atom. The molecule has 2 aromatic rings. The summed E-state index contributed by atoms with van der Waals surface area (Å²) < 4.78 is 22.7. The van der Waals surface area contributed by atoms with Gasteiger partial charge in [-0.05, 0) is 12.1 Å². The van der Waals surface area contributed by atoms with Crippen LogP contribution < -0.4 is 9.47 Å². The van der Waals surface area contributed by atoms with Crippen molar-refractivity contribution in [3.05, 3.63) is 54.4 Å². The lowest BCUT2D eigenvalue weighted by atomic mass is 10.3. The summed E-state index contributed by atoms with van der Waals surface area (Å²) in [6.45, 7) is 0.608. The molecule has 0 amide bonds. The van der Waals surface area contributed by atoms with Gasteiger partial charge in [-0.2, -0.15) is 0 Å². The van der Waals surface area contributed by atoms with E-state index in [9.17, 15) is 0 Å². The highest BCUT2D eigenvalue weighted by Gasteiger charge is 2.32. The minimum absolute atomic E-state index is 0.264. The van der Waals surface area contributed by atoms with Crippen molar-refractivity contribution in [1.29, 1.82) is 0 Å². The van der Waals surface area contributed by atoms with Crippen LogP contribution in [0, 0.1) is 0 Å². The van der Waals surface area contributed by atoms with Crippen LogP contribution >= 0.6 is 69.6 Å². The zero-order valence-corrected chi connectivity index (χ0v) is 17.3. The maximum Gasteiger partial charge on any atom is 0.263 e. The average molecular weight is 479 g/mol. The first-order valence-corrected chi connectivity index (χ1v) is 9.47. The fourth-order valence-corrected chi connectivity index (χ4v) is 3.27. The van der Waals surface area contributed by atoms with Crippen LogP contribution in [0.25, 0.3) is 0 Å². The van der Waals surface area contributed by atoms with Crippen molar-refractivity contribution in [2.24, 2.45) is 0 Å². The van der Waals surface area contributed by atoms with Crippen LogP contribution in [0.15, 0.2) is 24.3 Å². The molecule has 1 aliphatic rings. The molecule has 26 heavy (non-hydrogen) atoms. The Balaban J connectivity index is 1.80. The van der Waals surface area contributed by atoms with Crippen molar-refractivity contribution >= 4 is 69.6 Å². The summed E-state index contributed by atoms with van der Waals surface area (Å²) in [4.78, 5) is 0. The lowest BCUT2D eigenvalue weighted by molar-refractivity contribution is -0.270. The van der Waals surface area contributed by atoms with Gasteiger partial charge in [0.25, 0.3) is 12.6 Å². The van der Waals surface area contributed by atoms with Gasteiger partial charge in [0.15, 0.2) is 0 Å². The molecule has 1 heterocycles. The van der Waals surface area contributed by atoms with Gasteiger partial charge in [-0.1, -0.05) is 69.6 Å². The number of ether oxygens (including phenoxy) is 4. The molecule has 2 unspecified atom stereocenters. The van der Waals surface area contributed by atoms with Crippen LogP contribution in [0.5, 0.6) is 11.5 Å². The van der Waals surface area contributed by atoms with E-state index in [0.29, 0.717) is 23.3 Å². The monoisotopic (exact) mass is 476 g/mol. The van der Waals surface area contributed by atoms with E-state index < -0.39 is 12.6 Å². The van der Waals surface area contributed by atoms with Gasteiger partial charge in [0.2, 0.25) is 0 Å². The van der Waals surface area contributed by atoms with E-state index in [1.165, 1.54) is 24.3 Å². The third-order valence-corrected chi connectivity index (χ3v) is 5.34. The summed E-state index contributed by atoms with van der Waals surface area (Å²) in [6.07, 6.45) is -1.85. The molecule has 0 radical (unpaired) electrons. The second-order valence-electron chi connectivity index (χ2n) is 5.11. The van der Waals surface area contributed by atoms with E-state index in [2.05, 4.69) is 0 Å². The molecule has 0 aliphatic carbocycles. The topological polar surface area (TPSA) is 36.9 Å². The Bertz CT molecular complexity index is 748. The number of halogens is 6. The molecular weight excluding hydrogens is 469 g/mol. The first kappa shape index (κ1) is 20.4. The Kier molecular flexibility index (Phi) is 6.92. The summed E-state index contributed by atoms with van der Waals surface area (Å²) in [5.74, 6) is 0.538. The predicted molar refractivity (Wildman–Crippen MR) is 104 cm³/mol. The van der Waals surface area contributed by atoms with Gasteiger partial charge in [-0.3, -0.25) is 0 Å². The zero-order valence-electron chi connectivity index (χ0n) is 12.8. The number of hydrogen-bond donors (Lipinski definition) is 0. The van der Waals surface area contributed by atoms with E-state index in [4.69, 9.17) is 88.6 Å². The fourth-order valence-electron chi connectivity index (χ4n) is 2.10. The average Bonchev–Trinajstić information content (AvgIpc) is 2.59. The summed E-state index contributed by atoms with van der Waals surface area (Å²) in [5, 5.41) is 1.71. The SMILES string of the molecule is Clc1cc(Cl)c(OC2OCCOC2Oc2cc(Cl)c(Cl)cc2Cl)cc1Cl. The van der Waals surface area contributed by atoms with Crippen LogP contribution in [0.1, 0.15) is 0 Å². The van der Waals surface area contributed by atoms with Crippen LogP contribution in [0.4, 0.5) is 0 Å². The Hall–Kier alpha value is -0.300. The normalized spacial score (nSPS) is 20.1. The molecule has 1 fully saturated rings. The quantitative estimate of drug-likeness (QED) is 0.455. The van der Waals surface area contributed by atoms with E-state index in [1.807, 2.05) is 0 Å². The maximum atomic E-state index is 6.13. The lowest BCUT2D eigenvalue weighted by Gasteiger charge is -2.32. The van der Waals surface area contributed by atoms with Crippen molar-refractivity contribution in [2.75, 3.05) is 13.2 Å². The van der Waals surface area contributed by atoms with Crippen molar-refractivity contribution in [2.45, 2.75) is 12.6 Å². The largest absolute Gasteiger partial charge is 0.456 e. The van der Waals surface area contributed by atoms with Crippen molar-refractivity contribution in [3.8, 4) is 11.5 Å². The highest BCUT2D eigenvalue weighted by Crippen LogP contribution is 2.37. The highest BCUT2D eigenvalue weighted by molar-refractivity contribution is 6.44. The van der Waals surface area contributed by atoms with Crippen LogP contribution in [-0.4, -0.2) is 25.8 Å². The van der Waals surface area contributed by atoms with Crippen LogP contribution in [0.2, 0.25) is 30.1 Å². The molecule has 0 N–H and O–H groups in total. The van der Waals surface area contributed by atoms with E-state index in [1.54, 1.807) is 0 Å². The molecule has 10 heteroatoms. The van der Waals surface area contributed by atoms with Gasteiger partial charge in [-0.15, -0.1) is 0 Å². The molecule has 0 bridgehead atoms. The van der Waals surface area contributed by atoms with Crippen molar-refractivity contribution < 1.29 is 18.9 Å². The molecule has 0 spiro atoms. The molecular formula is C16H10Cl6O4. The zero-order chi connectivity index (χ0) is 18.8. The van der Waals surface area contributed by atoms with E-state index in [-0.39, 0.29) is 31.6 Å².